The molecule has 1 fully saturated rings. The maximum Gasteiger partial charge on any atom is 0.222 e. The minimum Gasteiger partial charge on any atom is -0.389 e. The molecule has 21 heavy (non-hydrogen) atoms. The molecule has 6 heteroatoms. The van der Waals surface area contributed by atoms with E-state index >= 15 is 0 Å². The van der Waals surface area contributed by atoms with Crippen LogP contribution in [-0.2, 0) is 4.79 Å². The molecule has 1 saturated heterocycles. The number of rotatable bonds is 3. The Morgan fingerprint density at radius 2 is 2.10 bits per heavy atom. The highest BCUT2D eigenvalue weighted by Gasteiger charge is 2.29. The molecule has 1 aliphatic rings. The lowest BCUT2D eigenvalue weighted by atomic mass is 10.1. The van der Waals surface area contributed by atoms with Gasteiger partial charge in [0.25, 0.3) is 0 Å². The fourth-order valence-corrected chi connectivity index (χ4v) is 2.86. The van der Waals surface area contributed by atoms with E-state index in [9.17, 15) is 4.79 Å². The van der Waals surface area contributed by atoms with Crippen LogP contribution >= 0.6 is 12.2 Å². The molecule has 5 nitrogen and oxygen atoms in total. The highest BCUT2D eigenvalue weighted by Crippen LogP contribution is 2.28. The van der Waals surface area contributed by atoms with Crippen LogP contribution in [0.25, 0.3) is 10.9 Å². The van der Waals surface area contributed by atoms with Crippen LogP contribution in [0.4, 0.5) is 5.82 Å². The van der Waals surface area contributed by atoms with Crippen LogP contribution in [0.15, 0.2) is 30.3 Å². The van der Waals surface area contributed by atoms with Crippen LogP contribution in [-0.4, -0.2) is 29.0 Å². The first-order chi connectivity index (χ1) is 10.1. The Morgan fingerprint density at radius 3 is 2.76 bits per heavy atom. The zero-order chi connectivity index (χ0) is 15.0. The monoisotopic (exact) mass is 300 g/mol. The summed E-state index contributed by atoms with van der Waals surface area (Å²) in [7, 11) is 0. The largest absolute Gasteiger partial charge is 0.389 e. The van der Waals surface area contributed by atoms with Crippen molar-refractivity contribution in [1.82, 2.24) is 4.98 Å². The van der Waals surface area contributed by atoms with Crippen molar-refractivity contribution in [1.29, 1.82) is 0 Å². The summed E-state index contributed by atoms with van der Waals surface area (Å²) in [5.41, 5.74) is 12.9. The molecular weight excluding hydrogens is 284 g/mol. The Balaban J connectivity index is 2.06. The first kappa shape index (κ1) is 13.8. The van der Waals surface area contributed by atoms with Gasteiger partial charge in [-0.05, 0) is 18.6 Å². The number of benzene rings is 1. The fourth-order valence-electron chi connectivity index (χ4n) is 2.71. The molecule has 0 spiro atoms. The molecule has 1 amide bonds. The molecule has 0 bridgehead atoms. The van der Waals surface area contributed by atoms with E-state index in [4.69, 9.17) is 23.7 Å². The number of pyridine rings is 1. The van der Waals surface area contributed by atoms with Gasteiger partial charge in [-0.3, -0.25) is 4.79 Å². The van der Waals surface area contributed by atoms with Gasteiger partial charge in [-0.15, -0.1) is 0 Å². The molecule has 0 aliphatic carbocycles. The Labute approximate surface area is 127 Å². The smallest absolute Gasteiger partial charge is 0.222 e. The first-order valence-electron chi connectivity index (χ1n) is 6.80. The summed E-state index contributed by atoms with van der Waals surface area (Å²) in [5, 5.41) is 0.995. The van der Waals surface area contributed by atoms with Crippen LogP contribution < -0.4 is 16.4 Å². The van der Waals surface area contributed by atoms with Gasteiger partial charge < -0.3 is 16.4 Å². The summed E-state index contributed by atoms with van der Waals surface area (Å²) in [4.78, 5) is 18.4. The van der Waals surface area contributed by atoms with E-state index < -0.39 is 0 Å². The van der Waals surface area contributed by atoms with E-state index in [0.29, 0.717) is 11.5 Å². The van der Waals surface area contributed by atoms with Crippen LogP contribution in [0.3, 0.4) is 0 Å². The predicted molar refractivity (Wildman–Crippen MR) is 87.1 cm³/mol. The molecule has 1 aromatic carbocycles. The third-order valence-corrected chi connectivity index (χ3v) is 4.08. The quantitative estimate of drug-likeness (QED) is 0.831. The summed E-state index contributed by atoms with van der Waals surface area (Å²) in [6, 6.07) is 9.77. The summed E-state index contributed by atoms with van der Waals surface area (Å²) >= 11 is 5.15. The third kappa shape index (κ3) is 2.54. The highest BCUT2D eigenvalue weighted by atomic mass is 32.1. The second-order valence-electron chi connectivity index (χ2n) is 5.25. The lowest BCUT2D eigenvalue weighted by Gasteiger charge is -2.20. The zero-order valence-corrected chi connectivity index (χ0v) is 12.3. The highest BCUT2D eigenvalue weighted by molar-refractivity contribution is 7.80. The maximum atomic E-state index is 11.3. The van der Waals surface area contributed by atoms with E-state index in [2.05, 4.69) is 4.98 Å². The first-order valence-corrected chi connectivity index (χ1v) is 7.21. The molecule has 108 valence electrons. The van der Waals surface area contributed by atoms with Crippen molar-refractivity contribution < 1.29 is 4.79 Å². The molecule has 1 atom stereocenters. The van der Waals surface area contributed by atoms with Gasteiger partial charge >= 0.3 is 0 Å². The topological polar surface area (TPSA) is 85.2 Å². The van der Waals surface area contributed by atoms with E-state index in [0.717, 1.165) is 35.2 Å². The summed E-state index contributed by atoms with van der Waals surface area (Å²) in [6.45, 7) is 1.30. The van der Waals surface area contributed by atoms with Gasteiger partial charge in [-0.1, -0.05) is 30.4 Å². The number of nitrogens with two attached hydrogens (primary N) is 2. The molecule has 1 aromatic heterocycles. The second-order valence-corrected chi connectivity index (χ2v) is 5.69. The predicted octanol–water partition coefficient (Wildman–Crippen LogP) is 1.18. The number of hydrogen-bond donors (Lipinski definition) is 2. The number of fused-ring (bicyclic) bond motifs is 1. The molecular formula is C15H16N4OS. The van der Waals surface area contributed by atoms with Gasteiger partial charge in [0.2, 0.25) is 5.91 Å². The molecule has 0 saturated carbocycles. The van der Waals surface area contributed by atoms with Crippen molar-refractivity contribution in [2.75, 3.05) is 18.0 Å². The summed E-state index contributed by atoms with van der Waals surface area (Å²) in [6.07, 6.45) is 0.737. The van der Waals surface area contributed by atoms with Crippen LogP contribution in [0.1, 0.15) is 12.0 Å². The van der Waals surface area contributed by atoms with Crippen molar-refractivity contribution in [2.45, 2.75) is 6.42 Å². The standard InChI is InChI=1S/C15H16N4OS/c16-13(20)10-5-6-19(8-10)15-11(14(17)21)7-9-3-1-2-4-12(9)18-15/h1-4,7,10H,5-6,8H2,(H2,16,20)(H2,17,21). The zero-order valence-electron chi connectivity index (χ0n) is 11.5. The van der Waals surface area contributed by atoms with E-state index in [1.807, 2.05) is 35.2 Å². The van der Waals surface area contributed by atoms with Crippen LogP contribution in [0.2, 0.25) is 0 Å². The SMILES string of the molecule is NC(=O)C1CCN(c2nc3ccccc3cc2C(N)=S)C1. The Morgan fingerprint density at radius 1 is 1.33 bits per heavy atom. The van der Waals surface area contributed by atoms with E-state index in [1.165, 1.54) is 0 Å². The Kier molecular flexibility index (Phi) is 3.47. The number of anilines is 1. The average Bonchev–Trinajstić information content (AvgIpc) is 2.95. The number of thiocarbonyl (C=S) groups is 1. The number of primary amides is 1. The van der Waals surface area contributed by atoms with Crippen molar-refractivity contribution in [2.24, 2.45) is 17.4 Å². The maximum absolute atomic E-state index is 11.3. The lowest BCUT2D eigenvalue weighted by Crippen LogP contribution is -2.29. The molecule has 2 heterocycles. The second kappa shape index (κ2) is 5.29. The Hall–Kier alpha value is -2.21. The van der Waals surface area contributed by atoms with Gasteiger partial charge in [-0.25, -0.2) is 4.98 Å². The number of nitrogens with zero attached hydrogens (tertiary/aromatic N) is 2. The molecule has 3 rings (SSSR count). The number of hydrogen-bond acceptors (Lipinski definition) is 4. The van der Waals surface area contributed by atoms with Crippen LogP contribution in [0, 0.1) is 5.92 Å². The number of para-hydroxylation sites is 1. The van der Waals surface area contributed by atoms with Gasteiger partial charge in [0.1, 0.15) is 10.8 Å². The van der Waals surface area contributed by atoms with Gasteiger partial charge in [0.15, 0.2) is 0 Å². The summed E-state index contributed by atoms with van der Waals surface area (Å²) in [5.74, 6) is 0.331. The average molecular weight is 300 g/mol. The molecule has 1 aliphatic heterocycles. The Bertz CT molecular complexity index is 731. The summed E-state index contributed by atoms with van der Waals surface area (Å²) < 4.78 is 0. The van der Waals surface area contributed by atoms with Crippen LogP contribution in [0.5, 0.6) is 0 Å². The van der Waals surface area contributed by atoms with Crippen molar-refractivity contribution in [3.05, 3.63) is 35.9 Å². The van der Waals surface area contributed by atoms with Crippen molar-refractivity contribution >= 4 is 39.8 Å². The van der Waals surface area contributed by atoms with E-state index in [1.54, 1.807) is 0 Å². The molecule has 0 radical (unpaired) electrons. The van der Waals surface area contributed by atoms with Crippen molar-refractivity contribution in [3.8, 4) is 0 Å². The number of amides is 1. The van der Waals surface area contributed by atoms with Gasteiger partial charge in [0.05, 0.1) is 17.0 Å². The molecule has 2 aromatic rings. The molecule has 4 N–H and O–H groups in total. The number of carbonyl (C=O) groups excluding carboxylic acids is 1. The molecule has 1 unspecified atom stereocenters. The van der Waals surface area contributed by atoms with E-state index in [-0.39, 0.29) is 11.8 Å². The third-order valence-electron chi connectivity index (χ3n) is 3.86. The van der Waals surface area contributed by atoms with Crippen molar-refractivity contribution in [3.63, 3.8) is 0 Å². The normalized spacial score (nSPS) is 18.1. The number of aromatic nitrogens is 1. The fraction of sp³-hybridized carbons (Fsp3) is 0.267. The lowest BCUT2D eigenvalue weighted by molar-refractivity contribution is -0.121. The van der Waals surface area contributed by atoms with Gasteiger partial charge in [-0.2, -0.15) is 0 Å². The van der Waals surface area contributed by atoms with Gasteiger partial charge in [0, 0.05) is 18.5 Å². The number of carbonyl (C=O) groups is 1. The minimum absolute atomic E-state index is 0.141. The minimum atomic E-state index is -0.268.